The zero-order valence-electron chi connectivity index (χ0n) is 13.6. The van der Waals surface area contributed by atoms with Crippen LogP contribution in [0.2, 0.25) is 0 Å². The summed E-state index contributed by atoms with van der Waals surface area (Å²) in [6, 6.07) is 3.90. The Hall–Kier alpha value is -1.05. The highest BCUT2D eigenvalue weighted by Gasteiger charge is 2.16. The number of aromatic nitrogens is 1. The van der Waals surface area contributed by atoms with Crippen LogP contribution in [0.3, 0.4) is 0 Å². The third-order valence-electron chi connectivity index (χ3n) is 3.32. The van der Waals surface area contributed by atoms with Gasteiger partial charge >= 0.3 is 0 Å². The van der Waals surface area contributed by atoms with E-state index < -0.39 is 0 Å². The number of aliphatic imine (C=N–C) groups is 1. The minimum atomic E-state index is -0.0786. The van der Waals surface area contributed by atoms with E-state index in [1.165, 1.54) is 12.8 Å². The van der Waals surface area contributed by atoms with Gasteiger partial charge in [0.25, 0.3) is 0 Å². The molecule has 1 aromatic heterocycles. The number of hydrogen-bond donors (Lipinski definition) is 2. The molecule has 1 saturated carbocycles. The maximum absolute atomic E-state index is 5.84. The van der Waals surface area contributed by atoms with Crippen molar-refractivity contribution in [3.63, 3.8) is 0 Å². The molecule has 0 saturated heterocycles. The second-order valence-corrected chi connectivity index (χ2v) is 6.61. The predicted molar refractivity (Wildman–Crippen MR) is 101 cm³/mol. The van der Waals surface area contributed by atoms with Crippen LogP contribution in [0.1, 0.15) is 52.0 Å². The third-order valence-corrected chi connectivity index (χ3v) is 3.32. The first kappa shape index (κ1) is 19.0. The Kier molecular flexibility index (Phi) is 7.38. The van der Waals surface area contributed by atoms with Gasteiger partial charge in [-0.1, -0.05) is 6.07 Å². The van der Waals surface area contributed by atoms with E-state index in [1.54, 1.807) is 6.20 Å². The van der Waals surface area contributed by atoms with Crippen LogP contribution in [0.5, 0.6) is 5.88 Å². The molecule has 0 atom stereocenters. The largest absolute Gasteiger partial charge is 0.474 e. The van der Waals surface area contributed by atoms with Crippen molar-refractivity contribution in [3.05, 3.63) is 23.9 Å². The number of nitrogens with zero attached hydrogens (tertiary/aromatic N) is 2. The Morgan fingerprint density at radius 3 is 2.59 bits per heavy atom. The number of guanidine groups is 1. The number of nitrogens with one attached hydrogen (secondary N) is 1. The Labute approximate surface area is 150 Å². The fourth-order valence-electron chi connectivity index (χ4n) is 2.35. The van der Waals surface area contributed by atoms with Gasteiger partial charge in [-0.05, 0) is 52.0 Å². The Bertz CT molecular complexity index is 476. The minimum Gasteiger partial charge on any atom is -0.474 e. The summed E-state index contributed by atoms with van der Waals surface area (Å²) >= 11 is 0. The predicted octanol–water partition coefficient (Wildman–Crippen LogP) is 3.22. The molecule has 2 rings (SSSR count). The number of halogens is 1. The highest BCUT2D eigenvalue weighted by molar-refractivity contribution is 14.0. The summed E-state index contributed by atoms with van der Waals surface area (Å²) in [6.45, 7) is 6.66. The minimum absolute atomic E-state index is 0. The number of rotatable bonds is 4. The van der Waals surface area contributed by atoms with Crippen molar-refractivity contribution < 1.29 is 4.74 Å². The van der Waals surface area contributed by atoms with Crippen LogP contribution in [0.4, 0.5) is 0 Å². The monoisotopic (exact) mass is 418 g/mol. The maximum Gasteiger partial charge on any atom is 0.213 e. The number of ether oxygens (including phenoxy) is 1. The summed E-state index contributed by atoms with van der Waals surface area (Å²) in [5.41, 5.74) is 6.78. The van der Waals surface area contributed by atoms with E-state index in [0.717, 1.165) is 18.4 Å². The van der Waals surface area contributed by atoms with Gasteiger partial charge in [-0.2, -0.15) is 0 Å². The van der Waals surface area contributed by atoms with Crippen LogP contribution in [-0.4, -0.2) is 22.6 Å². The lowest BCUT2D eigenvalue weighted by Crippen LogP contribution is -2.44. The molecule has 1 aromatic rings. The lowest BCUT2D eigenvalue weighted by atomic mass is 10.1. The van der Waals surface area contributed by atoms with Crippen molar-refractivity contribution in [1.29, 1.82) is 0 Å². The van der Waals surface area contributed by atoms with Gasteiger partial charge in [0, 0.05) is 17.8 Å². The van der Waals surface area contributed by atoms with Crippen molar-refractivity contribution in [2.24, 2.45) is 10.7 Å². The van der Waals surface area contributed by atoms with Crippen LogP contribution in [0, 0.1) is 0 Å². The summed E-state index contributed by atoms with van der Waals surface area (Å²) in [4.78, 5) is 8.66. The summed E-state index contributed by atoms with van der Waals surface area (Å²) < 4.78 is 5.84. The van der Waals surface area contributed by atoms with E-state index in [0.29, 0.717) is 24.5 Å². The van der Waals surface area contributed by atoms with Crippen LogP contribution >= 0.6 is 24.0 Å². The maximum atomic E-state index is 5.84. The van der Waals surface area contributed by atoms with Crippen molar-refractivity contribution >= 4 is 29.9 Å². The van der Waals surface area contributed by atoms with E-state index in [9.17, 15) is 0 Å². The lowest BCUT2D eigenvalue weighted by molar-refractivity contribution is 0.201. The number of hydrogen-bond acceptors (Lipinski definition) is 3. The second-order valence-electron chi connectivity index (χ2n) is 6.61. The summed E-state index contributed by atoms with van der Waals surface area (Å²) in [5, 5.41) is 3.13. The van der Waals surface area contributed by atoms with Gasteiger partial charge in [0.1, 0.15) is 6.10 Å². The molecule has 0 spiro atoms. The molecule has 0 amide bonds. The molecule has 0 aromatic carbocycles. The molecule has 0 unspecified atom stereocenters. The molecule has 3 N–H and O–H groups in total. The second kappa shape index (κ2) is 8.55. The summed E-state index contributed by atoms with van der Waals surface area (Å²) in [6.07, 6.45) is 6.95. The van der Waals surface area contributed by atoms with Crippen LogP contribution in [0.15, 0.2) is 23.3 Å². The van der Waals surface area contributed by atoms with Crippen molar-refractivity contribution in [3.8, 4) is 5.88 Å². The highest BCUT2D eigenvalue weighted by atomic mass is 127. The molecule has 6 heteroatoms. The normalized spacial score (nSPS) is 16.2. The molecular formula is C16H27IN4O. The molecule has 22 heavy (non-hydrogen) atoms. The van der Waals surface area contributed by atoms with Gasteiger partial charge < -0.3 is 15.8 Å². The van der Waals surface area contributed by atoms with Crippen molar-refractivity contribution in [1.82, 2.24) is 10.3 Å². The van der Waals surface area contributed by atoms with Crippen molar-refractivity contribution in [2.75, 3.05) is 0 Å². The van der Waals surface area contributed by atoms with Crippen molar-refractivity contribution in [2.45, 2.75) is 64.6 Å². The lowest BCUT2D eigenvalue weighted by Gasteiger charge is -2.20. The van der Waals surface area contributed by atoms with Crippen LogP contribution in [0.25, 0.3) is 0 Å². The standard InChI is InChI=1S/C16H26N4O.HI/c1-16(2,3)20-15(17)19-11-12-8-9-14(18-10-12)21-13-6-4-5-7-13;/h8-10,13H,4-7,11H2,1-3H3,(H3,17,19,20);1H. The fourth-order valence-corrected chi connectivity index (χ4v) is 2.35. The third kappa shape index (κ3) is 6.81. The van der Waals surface area contributed by atoms with Crippen LogP contribution < -0.4 is 15.8 Å². The first-order valence-corrected chi connectivity index (χ1v) is 7.62. The summed E-state index contributed by atoms with van der Waals surface area (Å²) in [7, 11) is 0. The van der Waals surface area contributed by atoms with E-state index >= 15 is 0 Å². The molecule has 1 aliphatic rings. The van der Waals surface area contributed by atoms with E-state index in [4.69, 9.17) is 10.5 Å². The Morgan fingerprint density at radius 1 is 1.36 bits per heavy atom. The molecule has 124 valence electrons. The topological polar surface area (TPSA) is 72.5 Å². The zero-order valence-corrected chi connectivity index (χ0v) is 16.0. The van der Waals surface area contributed by atoms with E-state index in [1.807, 2.05) is 32.9 Å². The van der Waals surface area contributed by atoms with E-state index in [2.05, 4.69) is 15.3 Å². The molecule has 1 fully saturated rings. The molecule has 1 heterocycles. The molecular weight excluding hydrogens is 391 g/mol. The van der Waals surface area contributed by atoms with Gasteiger partial charge in [-0.15, -0.1) is 24.0 Å². The molecule has 5 nitrogen and oxygen atoms in total. The SMILES string of the molecule is CC(C)(C)NC(N)=NCc1ccc(OC2CCCC2)nc1.I. The van der Waals surface area contributed by atoms with Gasteiger partial charge in [0.15, 0.2) is 5.96 Å². The molecule has 0 radical (unpaired) electrons. The molecule has 0 bridgehead atoms. The average Bonchev–Trinajstić information content (AvgIpc) is 2.89. The molecule has 1 aliphatic carbocycles. The van der Waals surface area contributed by atoms with E-state index in [-0.39, 0.29) is 29.5 Å². The highest BCUT2D eigenvalue weighted by Crippen LogP contribution is 2.22. The van der Waals surface area contributed by atoms with Gasteiger partial charge in [0.05, 0.1) is 6.54 Å². The number of nitrogens with two attached hydrogens (primary N) is 1. The van der Waals surface area contributed by atoms with Gasteiger partial charge in [-0.25, -0.2) is 9.98 Å². The smallest absolute Gasteiger partial charge is 0.213 e. The van der Waals surface area contributed by atoms with Gasteiger partial charge in [-0.3, -0.25) is 0 Å². The Morgan fingerprint density at radius 2 is 2.05 bits per heavy atom. The Balaban J connectivity index is 0.00000242. The first-order valence-electron chi connectivity index (χ1n) is 7.62. The quantitative estimate of drug-likeness (QED) is 0.448. The molecule has 0 aliphatic heterocycles. The fraction of sp³-hybridized carbons (Fsp3) is 0.625. The zero-order chi connectivity index (χ0) is 15.3. The summed E-state index contributed by atoms with van der Waals surface area (Å²) in [5.74, 6) is 1.16. The first-order chi connectivity index (χ1) is 9.92. The number of pyridine rings is 1. The average molecular weight is 418 g/mol. The van der Waals surface area contributed by atoms with Gasteiger partial charge in [0.2, 0.25) is 5.88 Å². The van der Waals surface area contributed by atoms with Crippen LogP contribution in [-0.2, 0) is 6.54 Å².